The highest BCUT2D eigenvalue weighted by Gasteiger charge is 2.69. The fourth-order valence-corrected chi connectivity index (χ4v) is 9.58. The van der Waals surface area contributed by atoms with Gasteiger partial charge in [-0.3, -0.25) is 0 Å². The third-order valence-electron chi connectivity index (χ3n) is 10.7. The first-order chi connectivity index (χ1) is 13.6. The third-order valence-corrected chi connectivity index (χ3v) is 10.7. The van der Waals surface area contributed by atoms with Crippen LogP contribution in [0.4, 0.5) is 0 Å². The Hall–Kier alpha value is -0.800. The highest BCUT2D eigenvalue weighted by molar-refractivity contribution is 5.29. The standard InChI is InChI=1S/C26H40O3/c1-23(2)10-7-11-24(3)18(23)8-12-25(4)19-14-17(27)16-9-13-29-21(16)22(28-6)26(19,5)15-20(24)25/h9,13,17-20,22,27H,7-8,10-12,14-15H2,1-6H3/t17-,18-,19-,20-,22+,24-,25-,26-/m0/s1. The molecule has 3 fully saturated rings. The molecule has 1 heterocycles. The normalized spacial score (nSPS) is 50.8. The summed E-state index contributed by atoms with van der Waals surface area (Å²) >= 11 is 0. The first kappa shape index (κ1) is 20.1. The minimum Gasteiger partial charge on any atom is -0.466 e. The summed E-state index contributed by atoms with van der Waals surface area (Å²) in [5.41, 5.74) is 2.03. The van der Waals surface area contributed by atoms with Crippen LogP contribution in [0.15, 0.2) is 16.7 Å². The lowest BCUT2D eigenvalue weighted by molar-refractivity contribution is -0.130. The summed E-state index contributed by atoms with van der Waals surface area (Å²) in [4.78, 5) is 0. The summed E-state index contributed by atoms with van der Waals surface area (Å²) in [5.74, 6) is 2.81. The van der Waals surface area contributed by atoms with Gasteiger partial charge in [-0.2, -0.15) is 0 Å². The molecule has 4 aliphatic rings. The summed E-state index contributed by atoms with van der Waals surface area (Å²) in [5, 5.41) is 11.2. The lowest BCUT2D eigenvalue weighted by Crippen LogP contribution is -2.54. The summed E-state index contributed by atoms with van der Waals surface area (Å²) in [6.07, 6.45) is 9.92. The van der Waals surface area contributed by atoms with E-state index < -0.39 is 6.10 Å². The van der Waals surface area contributed by atoms with Gasteiger partial charge in [-0.25, -0.2) is 0 Å². The van der Waals surface area contributed by atoms with Gasteiger partial charge in [-0.15, -0.1) is 0 Å². The molecule has 5 rings (SSSR count). The van der Waals surface area contributed by atoms with Gasteiger partial charge in [-0.1, -0.05) is 41.0 Å². The maximum atomic E-state index is 11.2. The Morgan fingerprint density at radius 2 is 1.69 bits per heavy atom. The quantitative estimate of drug-likeness (QED) is 0.572. The predicted molar refractivity (Wildman–Crippen MR) is 114 cm³/mol. The Morgan fingerprint density at radius 3 is 2.41 bits per heavy atom. The van der Waals surface area contributed by atoms with Gasteiger partial charge in [-0.05, 0) is 78.6 Å². The lowest BCUT2D eigenvalue weighted by atomic mass is 9.43. The SMILES string of the molecule is CO[C@@H]1c2occc2[C@@H](O)C[C@H]2[C@]3(C)CC[C@H]4C(C)(C)CCC[C@]4(C)[C@@H]3C[C@@]21C. The van der Waals surface area contributed by atoms with Gasteiger partial charge in [0.1, 0.15) is 11.9 Å². The Kier molecular flexibility index (Phi) is 4.25. The van der Waals surface area contributed by atoms with E-state index in [-0.39, 0.29) is 16.9 Å². The van der Waals surface area contributed by atoms with Crippen molar-refractivity contribution in [2.24, 2.45) is 39.4 Å². The van der Waals surface area contributed by atoms with E-state index in [1.165, 1.54) is 38.5 Å². The van der Waals surface area contributed by atoms with Crippen LogP contribution in [0.1, 0.15) is 103 Å². The minimum absolute atomic E-state index is 0.00224. The highest BCUT2D eigenvalue weighted by atomic mass is 16.5. The zero-order valence-electron chi connectivity index (χ0n) is 19.3. The molecule has 3 nitrogen and oxygen atoms in total. The second kappa shape index (κ2) is 6.13. The monoisotopic (exact) mass is 400 g/mol. The number of furan rings is 1. The molecule has 0 saturated heterocycles. The molecule has 3 heteroatoms. The smallest absolute Gasteiger partial charge is 0.138 e. The number of aliphatic hydroxyl groups excluding tert-OH is 1. The van der Waals surface area contributed by atoms with Crippen molar-refractivity contribution in [1.29, 1.82) is 0 Å². The first-order valence-corrected chi connectivity index (χ1v) is 11.9. The zero-order valence-corrected chi connectivity index (χ0v) is 19.3. The molecule has 162 valence electrons. The molecular formula is C26H40O3. The van der Waals surface area contributed by atoms with E-state index in [1.54, 1.807) is 6.26 Å². The minimum atomic E-state index is -0.447. The van der Waals surface area contributed by atoms with Gasteiger partial charge < -0.3 is 14.3 Å². The number of fused-ring (bicyclic) bond motifs is 6. The number of methoxy groups -OCH3 is 1. The Labute approximate surface area is 176 Å². The largest absolute Gasteiger partial charge is 0.466 e. The number of aliphatic hydroxyl groups is 1. The van der Waals surface area contributed by atoms with Crippen molar-refractivity contribution in [2.75, 3.05) is 7.11 Å². The van der Waals surface area contributed by atoms with Gasteiger partial charge in [0, 0.05) is 18.1 Å². The van der Waals surface area contributed by atoms with E-state index in [0.29, 0.717) is 22.7 Å². The van der Waals surface area contributed by atoms with Crippen molar-refractivity contribution in [1.82, 2.24) is 0 Å². The zero-order chi connectivity index (χ0) is 20.8. The van der Waals surface area contributed by atoms with E-state index in [4.69, 9.17) is 9.15 Å². The third kappa shape index (κ3) is 2.44. The molecule has 4 aliphatic carbocycles. The average molecular weight is 401 g/mol. The Morgan fingerprint density at radius 1 is 0.966 bits per heavy atom. The van der Waals surface area contributed by atoms with Gasteiger partial charge in [0.2, 0.25) is 0 Å². The Bertz CT molecular complexity index is 796. The van der Waals surface area contributed by atoms with Gasteiger partial charge in [0.25, 0.3) is 0 Å². The number of hydrogen-bond donors (Lipinski definition) is 1. The fourth-order valence-electron chi connectivity index (χ4n) is 9.58. The summed E-state index contributed by atoms with van der Waals surface area (Å²) in [7, 11) is 1.83. The molecule has 0 bridgehead atoms. The van der Waals surface area contributed by atoms with Gasteiger partial charge in [0.15, 0.2) is 0 Å². The topological polar surface area (TPSA) is 42.6 Å². The van der Waals surface area contributed by atoms with Crippen LogP contribution in [0.3, 0.4) is 0 Å². The maximum Gasteiger partial charge on any atom is 0.138 e. The number of ether oxygens (including phenoxy) is 1. The molecule has 1 aromatic rings. The molecule has 1 N–H and O–H groups in total. The molecule has 1 aromatic heterocycles. The average Bonchev–Trinajstić information content (AvgIpc) is 3.17. The molecule has 0 unspecified atom stereocenters. The fraction of sp³-hybridized carbons (Fsp3) is 0.846. The van der Waals surface area contributed by atoms with Crippen LogP contribution in [0, 0.1) is 39.4 Å². The molecule has 3 saturated carbocycles. The molecule has 0 aliphatic heterocycles. The molecule has 29 heavy (non-hydrogen) atoms. The van der Waals surface area contributed by atoms with E-state index >= 15 is 0 Å². The number of hydrogen-bond acceptors (Lipinski definition) is 3. The van der Waals surface area contributed by atoms with Crippen LogP contribution in [0.25, 0.3) is 0 Å². The molecular weight excluding hydrogens is 360 g/mol. The molecule has 0 spiro atoms. The van der Waals surface area contributed by atoms with E-state index in [0.717, 1.165) is 23.7 Å². The summed E-state index contributed by atoms with van der Waals surface area (Å²) < 4.78 is 12.1. The molecule has 8 atom stereocenters. The van der Waals surface area contributed by atoms with Crippen LogP contribution in [0.5, 0.6) is 0 Å². The van der Waals surface area contributed by atoms with E-state index in [9.17, 15) is 5.11 Å². The summed E-state index contributed by atoms with van der Waals surface area (Å²) in [6.45, 7) is 12.6. The second-order valence-electron chi connectivity index (χ2n) is 12.4. The molecule has 0 aromatic carbocycles. The van der Waals surface area contributed by atoms with Crippen molar-refractivity contribution in [2.45, 2.75) is 91.8 Å². The van der Waals surface area contributed by atoms with E-state index in [1.807, 2.05) is 13.2 Å². The van der Waals surface area contributed by atoms with Crippen molar-refractivity contribution >= 4 is 0 Å². The van der Waals surface area contributed by atoms with Crippen molar-refractivity contribution in [3.8, 4) is 0 Å². The lowest BCUT2D eigenvalue weighted by Gasteiger charge is -2.62. The van der Waals surface area contributed by atoms with Crippen molar-refractivity contribution < 1.29 is 14.3 Å². The first-order valence-electron chi connectivity index (χ1n) is 11.9. The number of rotatable bonds is 1. The van der Waals surface area contributed by atoms with Gasteiger partial charge >= 0.3 is 0 Å². The van der Waals surface area contributed by atoms with Crippen LogP contribution < -0.4 is 0 Å². The van der Waals surface area contributed by atoms with Crippen LogP contribution in [-0.2, 0) is 4.74 Å². The van der Waals surface area contributed by atoms with Crippen LogP contribution in [0.2, 0.25) is 0 Å². The molecule has 0 amide bonds. The molecule has 0 radical (unpaired) electrons. The summed E-state index contributed by atoms with van der Waals surface area (Å²) in [6, 6.07) is 1.96. The van der Waals surface area contributed by atoms with Crippen LogP contribution in [-0.4, -0.2) is 12.2 Å². The highest BCUT2D eigenvalue weighted by Crippen LogP contribution is 2.76. The second-order valence-corrected chi connectivity index (χ2v) is 12.4. The van der Waals surface area contributed by atoms with Crippen molar-refractivity contribution in [3.05, 3.63) is 23.7 Å². The Balaban J connectivity index is 1.63. The van der Waals surface area contributed by atoms with Crippen molar-refractivity contribution in [3.63, 3.8) is 0 Å². The van der Waals surface area contributed by atoms with Crippen LogP contribution >= 0.6 is 0 Å². The maximum absolute atomic E-state index is 11.2. The van der Waals surface area contributed by atoms with Gasteiger partial charge in [0.05, 0.1) is 12.4 Å². The van der Waals surface area contributed by atoms with E-state index in [2.05, 4.69) is 34.6 Å². The predicted octanol–water partition coefficient (Wildman–Crippen LogP) is 6.68.